The molecule has 3 rings (SSSR count). The lowest BCUT2D eigenvalue weighted by atomic mass is 9.86. The number of benzene rings is 2. The Hall–Kier alpha value is -2.48. The van der Waals surface area contributed by atoms with Gasteiger partial charge >= 0.3 is 0 Å². The monoisotopic (exact) mass is 807 g/mol. The average molecular weight is 807 g/mol. The van der Waals surface area contributed by atoms with Crippen LogP contribution in [0, 0.1) is 20.8 Å². The normalized spacial score (nSPS) is 13.2. The van der Waals surface area contributed by atoms with Crippen LogP contribution in [0.1, 0.15) is 272 Å². The van der Waals surface area contributed by atoms with Gasteiger partial charge in [-0.05, 0) is 143 Å². The first kappa shape index (κ1) is 50.9. The highest BCUT2D eigenvalue weighted by atomic mass is 15.2. The third kappa shape index (κ3) is 17.4. The minimum absolute atomic E-state index is 1.02. The summed E-state index contributed by atoms with van der Waals surface area (Å²) < 4.78 is 1.69. The molecule has 2 nitrogen and oxygen atoms in total. The Bertz CT molecular complexity index is 1500. The molecule has 0 spiro atoms. The molecule has 0 atom stereocenters. The smallest absolute Gasteiger partial charge is 0.211 e. The Balaban J connectivity index is 2.00. The van der Waals surface area contributed by atoms with Crippen LogP contribution >= 0.6 is 0 Å². The van der Waals surface area contributed by atoms with E-state index in [9.17, 15) is 5.53 Å². The SMILES string of the molecule is CCCCCCCCCCCCCCCCC1=C(c2cc(CCCCCC)c(CCCCCC)c(CCCCCC)c2)[N+](=[N-])C(c2cc(C)c(C)c(C)c2)=C1CCCC. The first-order valence-corrected chi connectivity index (χ1v) is 26.0. The van der Waals surface area contributed by atoms with Crippen molar-refractivity contribution >= 4 is 11.4 Å². The molecule has 0 radical (unpaired) electrons. The first-order chi connectivity index (χ1) is 28.8. The van der Waals surface area contributed by atoms with Crippen LogP contribution in [0.15, 0.2) is 35.4 Å². The van der Waals surface area contributed by atoms with Gasteiger partial charge in [-0.15, -0.1) is 0 Å². The molecular formula is C57H94N2. The van der Waals surface area contributed by atoms with Crippen LogP contribution in [-0.4, -0.2) is 4.70 Å². The summed E-state index contributed by atoms with van der Waals surface area (Å²) in [4.78, 5) is 0. The van der Waals surface area contributed by atoms with E-state index in [-0.39, 0.29) is 0 Å². The molecule has 0 saturated carbocycles. The van der Waals surface area contributed by atoms with Gasteiger partial charge in [-0.1, -0.05) is 182 Å². The third-order valence-corrected chi connectivity index (χ3v) is 13.7. The highest BCUT2D eigenvalue weighted by molar-refractivity contribution is 5.83. The highest BCUT2D eigenvalue weighted by Crippen LogP contribution is 2.46. The first-order valence-electron chi connectivity index (χ1n) is 26.0. The van der Waals surface area contributed by atoms with Crippen LogP contribution < -0.4 is 0 Å². The molecule has 59 heavy (non-hydrogen) atoms. The molecule has 0 aliphatic carbocycles. The quantitative estimate of drug-likeness (QED) is 0.0490. The molecule has 1 aliphatic heterocycles. The second-order valence-electron chi connectivity index (χ2n) is 18.9. The predicted octanol–water partition coefficient (Wildman–Crippen LogP) is 19.2. The Morgan fingerprint density at radius 3 is 1.07 bits per heavy atom. The van der Waals surface area contributed by atoms with Crippen LogP contribution in [0.5, 0.6) is 0 Å². The van der Waals surface area contributed by atoms with Crippen LogP contribution in [0.4, 0.5) is 0 Å². The summed E-state index contributed by atoms with van der Waals surface area (Å²) in [5.74, 6) is 0. The van der Waals surface area contributed by atoms with E-state index < -0.39 is 0 Å². The van der Waals surface area contributed by atoms with Crippen molar-refractivity contribution in [1.82, 2.24) is 0 Å². The molecule has 0 fully saturated rings. The Morgan fingerprint density at radius 1 is 0.356 bits per heavy atom. The molecule has 0 aromatic heterocycles. The zero-order valence-corrected chi connectivity index (χ0v) is 40.5. The van der Waals surface area contributed by atoms with Crippen molar-refractivity contribution in [3.05, 3.63) is 85.5 Å². The molecular weight excluding hydrogens is 713 g/mol. The van der Waals surface area contributed by atoms with Gasteiger partial charge in [-0.25, -0.2) is 4.70 Å². The minimum Gasteiger partial charge on any atom is -0.493 e. The van der Waals surface area contributed by atoms with E-state index in [4.69, 9.17) is 0 Å². The number of unbranched alkanes of at least 4 members (excludes halogenated alkanes) is 23. The van der Waals surface area contributed by atoms with Crippen molar-refractivity contribution < 1.29 is 4.70 Å². The second-order valence-corrected chi connectivity index (χ2v) is 18.9. The van der Waals surface area contributed by atoms with E-state index in [2.05, 4.69) is 79.7 Å². The molecule has 2 aromatic rings. The van der Waals surface area contributed by atoms with Crippen molar-refractivity contribution in [2.24, 2.45) is 0 Å². The number of hydrogen-bond acceptors (Lipinski definition) is 0. The molecule has 0 saturated heterocycles. The molecule has 1 heterocycles. The van der Waals surface area contributed by atoms with Gasteiger partial charge in [0.05, 0.1) is 0 Å². The van der Waals surface area contributed by atoms with E-state index in [1.54, 1.807) is 21.4 Å². The van der Waals surface area contributed by atoms with E-state index in [0.717, 1.165) is 49.9 Å². The molecule has 2 heteroatoms. The minimum atomic E-state index is 1.02. The molecule has 0 amide bonds. The van der Waals surface area contributed by atoms with Crippen LogP contribution in [-0.2, 0) is 19.3 Å². The summed E-state index contributed by atoms with van der Waals surface area (Å²) in [6.07, 6.45) is 42.7. The number of rotatable bonds is 35. The van der Waals surface area contributed by atoms with Gasteiger partial charge in [0, 0.05) is 22.3 Å². The van der Waals surface area contributed by atoms with Gasteiger partial charge < -0.3 is 5.53 Å². The molecule has 332 valence electrons. The maximum Gasteiger partial charge on any atom is 0.211 e. The molecule has 2 aromatic carbocycles. The largest absolute Gasteiger partial charge is 0.493 e. The number of nitrogens with zero attached hydrogens (tertiary/aromatic N) is 2. The van der Waals surface area contributed by atoms with Gasteiger partial charge in [0.2, 0.25) is 11.4 Å². The standard InChI is InChI=1S/C57H94N2/c1-9-14-19-23-24-25-26-27-28-29-30-31-32-36-41-55-54(39-18-13-5)56(51-42-46(6)48(8)47(7)43-51)59(58)57(55)52-44-49(37-33-20-15-10-2)53(40-35-22-17-12-4)50(45-52)38-34-21-16-11-3/h42-45H,9-41H2,1-8H3. The van der Waals surface area contributed by atoms with Gasteiger partial charge in [0.1, 0.15) is 0 Å². The van der Waals surface area contributed by atoms with Crippen molar-refractivity contribution in [2.75, 3.05) is 0 Å². The summed E-state index contributed by atoms with van der Waals surface area (Å²) in [7, 11) is 0. The number of aryl methyl sites for hydroxylation is 4. The number of hydrogen-bond donors (Lipinski definition) is 0. The lowest BCUT2D eigenvalue weighted by Gasteiger charge is -2.19. The highest BCUT2D eigenvalue weighted by Gasteiger charge is 2.36. The Kier molecular flexibility index (Phi) is 26.3. The summed E-state index contributed by atoms with van der Waals surface area (Å²) >= 11 is 0. The number of allylic oxidation sites excluding steroid dienone is 2. The fraction of sp³-hybridized carbons (Fsp3) is 0.719. The predicted molar refractivity (Wildman–Crippen MR) is 263 cm³/mol. The van der Waals surface area contributed by atoms with Crippen molar-refractivity contribution in [2.45, 2.75) is 267 Å². The zero-order valence-electron chi connectivity index (χ0n) is 40.5. The summed E-state index contributed by atoms with van der Waals surface area (Å²) in [5.41, 5.74) is 28.9. The van der Waals surface area contributed by atoms with E-state index in [1.165, 1.54) is 212 Å². The molecule has 0 bridgehead atoms. The summed E-state index contributed by atoms with van der Waals surface area (Å²) in [6.45, 7) is 18.3. The zero-order chi connectivity index (χ0) is 42.7. The topological polar surface area (TPSA) is 25.3 Å². The Labute approximate surface area is 367 Å². The summed E-state index contributed by atoms with van der Waals surface area (Å²) in [6, 6.07) is 9.81. The lowest BCUT2D eigenvalue weighted by Crippen LogP contribution is -2.08. The van der Waals surface area contributed by atoms with Gasteiger partial charge in [0.15, 0.2) is 0 Å². The fourth-order valence-corrected chi connectivity index (χ4v) is 9.72. The van der Waals surface area contributed by atoms with Crippen LogP contribution in [0.3, 0.4) is 0 Å². The molecule has 0 unspecified atom stereocenters. The second kappa shape index (κ2) is 30.5. The molecule has 0 N–H and O–H groups in total. The van der Waals surface area contributed by atoms with Crippen LogP contribution in [0.25, 0.3) is 16.9 Å². The van der Waals surface area contributed by atoms with E-state index in [0.29, 0.717) is 0 Å². The van der Waals surface area contributed by atoms with Crippen molar-refractivity contribution in [1.29, 1.82) is 0 Å². The summed E-state index contributed by atoms with van der Waals surface area (Å²) in [5, 5.41) is 0. The maximum atomic E-state index is 12.7. The van der Waals surface area contributed by atoms with Crippen LogP contribution in [0.2, 0.25) is 0 Å². The average Bonchev–Trinajstić information content (AvgIpc) is 3.51. The van der Waals surface area contributed by atoms with Crippen molar-refractivity contribution in [3.8, 4) is 0 Å². The Morgan fingerprint density at radius 2 is 0.661 bits per heavy atom. The lowest BCUT2D eigenvalue weighted by molar-refractivity contribution is -0.345. The maximum absolute atomic E-state index is 12.7. The molecule has 1 aliphatic rings. The van der Waals surface area contributed by atoms with Crippen molar-refractivity contribution in [3.63, 3.8) is 0 Å². The third-order valence-electron chi connectivity index (χ3n) is 13.7. The fourth-order valence-electron chi connectivity index (χ4n) is 9.72. The van der Waals surface area contributed by atoms with Gasteiger partial charge in [0.25, 0.3) is 0 Å². The van der Waals surface area contributed by atoms with E-state index >= 15 is 0 Å². The van der Waals surface area contributed by atoms with Gasteiger partial charge in [-0.3, -0.25) is 0 Å². The van der Waals surface area contributed by atoms with E-state index in [1.807, 2.05) is 0 Å². The van der Waals surface area contributed by atoms with Gasteiger partial charge in [-0.2, -0.15) is 0 Å².